The summed E-state index contributed by atoms with van der Waals surface area (Å²) in [5, 5.41) is 23.8. The lowest BCUT2D eigenvalue weighted by molar-refractivity contribution is 0.220. The smallest absolute Gasteiger partial charge is 0.342 e. The number of aliphatic hydroxyl groups excluding tert-OH is 1. The van der Waals surface area contributed by atoms with Crippen molar-refractivity contribution in [2.24, 2.45) is 5.10 Å². The van der Waals surface area contributed by atoms with Crippen molar-refractivity contribution in [3.05, 3.63) is 105 Å². The standard InChI is InChI=1S/C25H20Cl2N6O2/c26-21-13-19(33-25(35)28-9-10-31-33)14-22(27)20(21)12-16-2-4-17(5-3-16)24(34)18-6-7-23(29-15-18)32-11-1-8-30-32/h1-8,10-11,13-15,24,34H,9,12H2,(H,28,35). The Morgan fingerprint density at radius 2 is 1.80 bits per heavy atom. The molecule has 35 heavy (non-hydrogen) atoms. The molecule has 0 saturated heterocycles. The fourth-order valence-corrected chi connectivity index (χ4v) is 4.37. The molecule has 4 aromatic rings. The zero-order chi connectivity index (χ0) is 24.4. The van der Waals surface area contributed by atoms with E-state index in [1.165, 1.54) is 5.01 Å². The highest BCUT2D eigenvalue weighted by molar-refractivity contribution is 6.36. The monoisotopic (exact) mass is 506 g/mol. The Kier molecular flexibility index (Phi) is 6.50. The van der Waals surface area contributed by atoms with Gasteiger partial charge in [-0.1, -0.05) is 53.5 Å². The van der Waals surface area contributed by atoms with E-state index in [9.17, 15) is 9.90 Å². The largest absolute Gasteiger partial charge is 0.384 e. The number of hydrogen-bond acceptors (Lipinski definition) is 5. The van der Waals surface area contributed by atoms with Crippen molar-refractivity contribution >= 4 is 41.1 Å². The Bertz CT molecular complexity index is 1350. The van der Waals surface area contributed by atoms with Crippen molar-refractivity contribution in [1.82, 2.24) is 20.1 Å². The summed E-state index contributed by atoms with van der Waals surface area (Å²) in [5.41, 5.74) is 3.62. The Balaban J connectivity index is 1.30. The number of aromatic nitrogens is 3. The molecule has 2 amide bonds. The molecule has 10 heteroatoms. The number of hydrogen-bond donors (Lipinski definition) is 2. The van der Waals surface area contributed by atoms with Crippen molar-refractivity contribution in [2.75, 3.05) is 11.6 Å². The Morgan fingerprint density at radius 3 is 2.43 bits per heavy atom. The van der Waals surface area contributed by atoms with Gasteiger partial charge in [-0.25, -0.2) is 14.5 Å². The molecule has 0 spiro atoms. The van der Waals surface area contributed by atoms with Gasteiger partial charge >= 0.3 is 6.03 Å². The van der Waals surface area contributed by atoms with Crippen LogP contribution in [0, 0.1) is 0 Å². The first-order valence-electron chi connectivity index (χ1n) is 10.8. The average molecular weight is 507 g/mol. The highest BCUT2D eigenvalue weighted by atomic mass is 35.5. The fourth-order valence-electron chi connectivity index (χ4n) is 3.76. The molecule has 0 fully saturated rings. The van der Waals surface area contributed by atoms with Gasteiger partial charge in [-0.3, -0.25) is 0 Å². The van der Waals surface area contributed by atoms with Crippen molar-refractivity contribution < 1.29 is 9.90 Å². The molecule has 8 nitrogen and oxygen atoms in total. The number of rotatable bonds is 6. The van der Waals surface area contributed by atoms with Crippen LogP contribution in [0.5, 0.6) is 0 Å². The van der Waals surface area contributed by atoms with E-state index in [4.69, 9.17) is 23.2 Å². The molecule has 1 aliphatic rings. The lowest BCUT2D eigenvalue weighted by Crippen LogP contribution is -2.41. The van der Waals surface area contributed by atoms with Crippen LogP contribution in [0.25, 0.3) is 5.82 Å². The lowest BCUT2D eigenvalue weighted by atomic mass is 9.99. The molecule has 1 unspecified atom stereocenters. The number of carbonyl (C=O) groups is 1. The van der Waals surface area contributed by atoms with Gasteiger partial charge in [0.05, 0.1) is 12.2 Å². The summed E-state index contributed by atoms with van der Waals surface area (Å²) in [7, 11) is 0. The average Bonchev–Trinajstić information content (AvgIpc) is 3.42. The summed E-state index contributed by atoms with van der Waals surface area (Å²) in [6.07, 6.45) is 6.40. The number of hydrazone groups is 1. The zero-order valence-corrected chi connectivity index (χ0v) is 19.9. The lowest BCUT2D eigenvalue weighted by Gasteiger charge is -2.22. The number of halogens is 2. The van der Waals surface area contributed by atoms with E-state index >= 15 is 0 Å². The summed E-state index contributed by atoms with van der Waals surface area (Å²) >= 11 is 13.0. The van der Waals surface area contributed by atoms with E-state index in [-0.39, 0.29) is 6.03 Å². The molecule has 1 atom stereocenters. The summed E-state index contributed by atoms with van der Waals surface area (Å²) in [4.78, 5) is 16.4. The van der Waals surface area contributed by atoms with Gasteiger partial charge in [0.2, 0.25) is 0 Å². The Labute approximate surface area is 211 Å². The highest BCUT2D eigenvalue weighted by Gasteiger charge is 2.20. The van der Waals surface area contributed by atoms with E-state index in [2.05, 4.69) is 20.5 Å². The molecule has 3 heterocycles. The maximum absolute atomic E-state index is 12.0. The van der Waals surface area contributed by atoms with E-state index in [1.807, 2.05) is 48.7 Å². The fraction of sp³-hybridized carbons (Fsp3) is 0.120. The molecular formula is C25H20Cl2N6O2. The van der Waals surface area contributed by atoms with Crippen LogP contribution in [0.4, 0.5) is 10.5 Å². The molecule has 5 rings (SSSR count). The number of pyridine rings is 1. The van der Waals surface area contributed by atoms with Gasteiger partial charge in [-0.15, -0.1) is 0 Å². The van der Waals surface area contributed by atoms with Crippen molar-refractivity contribution in [2.45, 2.75) is 12.5 Å². The number of urea groups is 1. The van der Waals surface area contributed by atoms with E-state index in [1.54, 1.807) is 35.4 Å². The summed E-state index contributed by atoms with van der Waals surface area (Å²) in [6.45, 7) is 0.382. The third-order valence-corrected chi connectivity index (χ3v) is 6.28. The van der Waals surface area contributed by atoms with Crippen molar-refractivity contribution in [1.29, 1.82) is 0 Å². The Hall–Kier alpha value is -3.72. The van der Waals surface area contributed by atoms with Crippen LogP contribution in [0.1, 0.15) is 28.4 Å². The minimum atomic E-state index is -0.814. The van der Waals surface area contributed by atoms with Gasteiger partial charge in [-0.05, 0) is 41.0 Å². The van der Waals surface area contributed by atoms with Crippen molar-refractivity contribution in [3.63, 3.8) is 0 Å². The predicted octanol–water partition coefficient (Wildman–Crippen LogP) is 4.76. The molecule has 176 valence electrons. The summed E-state index contributed by atoms with van der Waals surface area (Å²) in [5.74, 6) is 0.675. The van der Waals surface area contributed by atoms with Crippen LogP contribution in [0.2, 0.25) is 10.0 Å². The van der Waals surface area contributed by atoms with E-state index in [0.717, 1.165) is 16.7 Å². The first-order chi connectivity index (χ1) is 17.0. The molecule has 2 N–H and O–H groups in total. The van der Waals surface area contributed by atoms with Gasteiger partial charge in [-0.2, -0.15) is 15.2 Å². The quantitative estimate of drug-likeness (QED) is 0.393. The zero-order valence-electron chi connectivity index (χ0n) is 18.3. The van der Waals surface area contributed by atoms with Crippen LogP contribution in [-0.2, 0) is 6.42 Å². The number of nitrogens with zero attached hydrogens (tertiary/aromatic N) is 5. The first kappa shape index (κ1) is 23.0. The minimum absolute atomic E-state index is 0.340. The second kappa shape index (κ2) is 9.87. The number of benzene rings is 2. The van der Waals surface area contributed by atoms with Crippen LogP contribution < -0.4 is 10.3 Å². The number of aliphatic hydroxyl groups is 1. The first-order valence-corrected chi connectivity index (χ1v) is 11.6. The Morgan fingerprint density at radius 1 is 1.06 bits per heavy atom. The van der Waals surface area contributed by atoms with Crippen LogP contribution in [0.15, 0.2) is 78.3 Å². The van der Waals surface area contributed by atoms with Crippen LogP contribution in [-0.4, -0.2) is 38.7 Å². The van der Waals surface area contributed by atoms with Gasteiger partial charge in [0.15, 0.2) is 5.82 Å². The van der Waals surface area contributed by atoms with Crippen LogP contribution in [0.3, 0.4) is 0 Å². The minimum Gasteiger partial charge on any atom is -0.384 e. The van der Waals surface area contributed by atoms with Gasteiger partial charge < -0.3 is 10.4 Å². The summed E-state index contributed by atoms with van der Waals surface area (Å²) < 4.78 is 1.66. The van der Waals surface area contributed by atoms with Gasteiger partial charge in [0, 0.05) is 46.8 Å². The molecule has 0 aliphatic carbocycles. The van der Waals surface area contributed by atoms with Gasteiger partial charge in [0.25, 0.3) is 0 Å². The predicted molar refractivity (Wildman–Crippen MR) is 136 cm³/mol. The molecule has 0 radical (unpaired) electrons. The summed E-state index contributed by atoms with van der Waals surface area (Å²) in [6, 6.07) is 16.0. The molecule has 2 aromatic heterocycles. The number of carbonyl (C=O) groups excluding carboxylic acids is 1. The molecular weight excluding hydrogens is 487 g/mol. The highest BCUT2D eigenvalue weighted by Crippen LogP contribution is 2.33. The van der Waals surface area contributed by atoms with Gasteiger partial charge in [0.1, 0.15) is 6.10 Å². The molecule has 1 aliphatic heterocycles. The molecule has 0 saturated carbocycles. The maximum Gasteiger partial charge on any atom is 0.342 e. The number of nitrogens with one attached hydrogen (secondary N) is 1. The third kappa shape index (κ3) is 4.90. The van der Waals surface area contributed by atoms with Crippen molar-refractivity contribution in [3.8, 4) is 5.82 Å². The second-order valence-electron chi connectivity index (χ2n) is 7.91. The molecule has 0 bridgehead atoms. The maximum atomic E-state index is 12.0. The number of amides is 2. The van der Waals surface area contributed by atoms with E-state index < -0.39 is 6.10 Å². The topological polar surface area (TPSA) is 95.6 Å². The second-order valence-corrected chi connectivity index (χ2v) is 8.72. The molecule has 2 aromatic carbocycles. The van der Waals surface area contributed by atoms with Crippen LogP contribution >= 0.6 is 23.2 Å². The normalized spacial score (nSPS) is 14.1. The third-order valence-electron chi connectivity index (χ3n) is 5.61. The number of anilines is 1. The SMILES string of the molecule is O=C1NCC=NN1c1cc(Cl)c(Cc2ccc(C(O)c3ccc(-n4cccn4)nc3)cc2)c(Cl)c1. The van der Waals surface area contributed by atoms with E-state index in [0.29, 0.717) is 40.1 Å².